The van der Waals surface area contributed by atoms with Crippen LogP contribution in [0.4, 0.5) is 0 Å². The number of carboxylic acids is 1. The van der Waals surface area contributed by atoms with E-state index in [4.69, 9.17) is 9.52 Å². The quantitative estimate of drug-likeness (QED) is 0.853. The molecule has 5 heteroatoms. The van der Waals surface area contributed by atoms with Crippen LogP contribution in [-0.4, -0.2) is 28.4 Å². The summed E-state index contributed by atoms with van der Waals surface area (Å²) in [4.78, 5) is 24.8. The highest BCUT2D eigenvalue weighted by molar-refractivity contribution is 5.91. The van der Waals surface area contributed by atoms with Crippen molar-refractivity contribution in [3.05, 3.63) is 59.5 Å². The van der Waals surface area contributed by atoms with Gasteiger partial charge in [-0.15, -0.1) is 0 Å². The van der Waals surface area contributed by atoms with Crippen molar-refractivity contribution in [2.75, 3.05) is 6.54 Å². The highest BCUT2D eigenvalue weighted by Gasteiger charge is 2.19. The summed E-state index contributed by atoms with van der Waals surface area (Å²) in [5.41, 5.74) is 0.995. The number of amides is 1. The molecule has 0 bridgehead atoms. The van der Waals surface area contributed by atoms with Gasteiger partial charge >= 0.3 is 5.97 Å². The van der Waals surface area contributed by atoms with Crippen LogP contribution in [0, 0.1) is 6.92 Å². The molecule has 0 aliphatic rings. The first-order valence-corrected chi connectivity index (χ1v) is 7.17. The molecule has 116 valence electrons. The maximum atomic E-state index is 12.5. The van der Waals surface area contributed by atoms with Crippen molar-refractivity contribution in [2.45, 2.75) is 26.3 Å². The van der Waals surface area contributed by atoms with E-state index in [-0.39, 0.29) is 18.1 Å². The summed E-state index contributed by atoms with van der Waals surface area (Å²) < 4.78 is 5.38. The van der Waals surface area contributed by atoms with Gasteiger partial charge in [-0.1, -0.05) is 30.3 Å². The molecule has 0 radical (unpaired) electrons. The third-order valence-corrected chi connectivity index (χ3v) is 3.27. The van der Waals surface area contributed by atoms with E-state index in [0.717, 1.165) is 5.56 Å². The maximum Gasteiger partial charge on any atom is 0.303 e. The number of carbonyl (C=O) groups is 2. The molecular weight excluding hydrogens is 282 g/mol. The average molecular weight is 301 g/mol. The minimum Gasteiger partial charge on any atom is -0.481 e. The zero-order valence-electron chi connectivity index (χ0n) is 12.5. The van der Waals surface area contributed by atoms with Gasteiger partial charge in [-0.2, -0.15) is 0 Å². The van der Waals surface area contributed by atoms with Gasteiger partial charge in [0.2, 0.25) is 0 Å². The Kier molecular flexibility index (Phi) is 5.36. The monoisotopic (exact) mass is 301 g/mol. The van der Waals surface area contributed by atoms with Crippen LogP contribution in [0.3, 0.4) is 0 Å². The lowest BCUT2D eigenvalue weighted by Gasteiger charge is -2.21. The minimum atomic E-state index is -0.860. The van der Waals surface area contributed by atoms with E-state index in [2.05, 4.69) is 0 Å². The number of furan rings is 1. The number of nitrogens with zero attached hydrogens (tertiary/aromatic N) is 1. The SMILES string of the molecule is Cc1ccc(C(=O)N(CCCC(=O)O)Cc2ccccc2)o1. The highest BCUT2D eigenvalue weighted by atomic mass is 16.4. The van der Waals surface area contributed by atoms with Crippen LogP contribution < -0.4 is 0 Å². The molecule has 2 aromatic rings. The summed E-state index contributed by atoms with van der Waals surface area (Å²) in [7, 11) is 0. The molecule has 0 saturated carbocycles. The van der Waals surface area contributed by atoms with Crippen molar-refractivity contribution in [1.29, 1.82) is 0 Å². The lowest BCUT2D eigenvalue weighted by Crippen LogP contribution is -2.31. The molecule has 0 aliphatic carbocycles. The molecule has 0 spiro atoms. The van der Waals surface area contributed by atoms with E-state index in [1.807, 2.05) is 30.3 Å². The van der Waals surface area contributed by atoms with Gasteiger partial charge in [-0.3, -0.25) is 9.59 Å². The first kappa shape index (κ1) is 15.8. The van der Waals surface area contributed by atoms with Crippen LogP contribution in [0.1, 0.15) is 34.7 Å². The van der Waals surface area contributed by atoms with Gasteiger partial charge in [0.25, 0.3) is 5.91 Å². The van der Waals surface area contributed by atoms with Crippen molar-refractivity contribution in [2.24, 2.45) is 0 Å². The molecule has 1 heterocycles. The third kappa shape index (κ3) is 4.48. The summed E-state index contributed by atoms with van der Waals surface area (Å²) in [6, 6.07) is 13.0. The Hall–Kier alpha value is -2.56. The molecule has 1 aromatic carbocycles. The molecule has 0 fully saturated rings. The summed E-state index contributed by atoms with van der Waals surface area (Å²) in [5.74, 6) is -0.124. The Balaban J connectivity index is 2.09. The van der Waals surface area contributed by atoms with Gasteiger partial charge in [-0.05, 0) is 31.0 Å². The molecule has 1 amide bonds. The second-order valence-corrected chi connectivity index (χ2v) is 5.12. The third-order valence-electron chi connectivity index (χ3n) is 3.27. The van der Waals surface area contributed by atoms with Crippen LogP contribution in [0.2, 0.25) is 0 Å². The van der Waals surface area contributed by atoms with E-state index in [1.165, 1.54) is 0 Å². The Morgan fingerprint density at radius 3 is 2.45 bits per heavy atom. The van der Waals surface area contributed by atoms with E-state index < -0.39 is 5.97 Å². The fraction of sp³-hybridized carbons (Fsp3) is 0.294. The lowest BCUT2D eigenvalue weighted by molar-refractivity contribution is -0.137. The van der Waals surface area contributed by atoms with Crippen molar-refractivity contribution in [3.8, 4) is 0 Å². The molecule has 1 aromatic heterocycles. The molecular formula is C17H19NO4. The number of carboxylic acid groups (broad SMARTS) is 1. The van der Waals surface area contributed by atoms with E-state index >= 15 is 0 Å². The number of hydrogen-bond donors (Lipinski definition) is 1. The smallest absolute Gasteiger partial charge is 0.303 e. The molecule has 0 atom stereocenters. The number of carbonyl (C=O) groups excluding carboxylic acids is 1. The van der Waals surface area contributed by atoms with Crippen LogP contribution in [-0.2, 0) is 11.3 Å². The topological polar surface area (TPSA) is 70.8 Å². The normalized spacial score (nSPS) is 10.4. The van der Waals surface area contributed by atoms with Crippen molar-refractivity contribution < 1.29 is 19.1 Å². The molecule has 0 unspecified atom stereocenters. The summed E-state index contributed by atoms with van der Waals surface area (Å²) in [5, 5.41) is 8.75. The summed E-state index contributed by atoms with van der Waals surface area (Å²) in [6.07, 6.45) is 0.448. The zero-order valence-corrected chi connectivity index (χ0v) is 12.5. The fourth-order valence-corrected chi connectivity index (χ4v) is 2.18. The molecule has 1 N–H and O–H groups in total. The fourth-order valence-electron chi connectivity index (χ4n) is 2.18. The van der Waals surface area contributed by atoms with Gasteiger partial charge in [0, 0.05) is 19.5 Å². The van der Waals surface area contributed by atoms with Crippen molar-refractivity contribution in [1.82, 2.24) is 4.90 Å². The summed E-state index contributed by atoms with van der Waals surface area (Å²) in [6.45, 7) is 2.58. The maximum absolute atomic E-state index is 12.5. The van der Waals surface area contributed by atoms with Gasteiger partial charge in [0.15, 0.2) is 5.76 Å². The van der Waals surface area contributed by atoms with Gasteiger partial charge < -0.3 is 14.4 Å². The van der Waals surface area contributed by atoms with Crippen LogP contribution >= 0.6 is 0 Å². The molecule has 22 heavy (non-hydrogen) atoms. The first-order valence-electron chi connectivity index (χ1n) is 7.17. The molecule has 2 rings (SSSR count). The highest BCUT2D eigenvalue weighted by Crippen LogP contribution is 2.14. The van der Waals surface area contributed by atoms with Crippen molar-refractivity contribution in [3.63, 3.8) is 0 Å². The number of hydrogen-bond acceptors (Lipinski definition) is 3. The Morgan fingerprint density at radius 2 is 1.86 bits per heavy atom. The first-order chi connectivity index (χ1) is 10.6. The minimum absolute atomic E-state index is 0.0375. The standard InChI is InChI=1S/C17H19NO4/c1-13-9-10-15(22-13)17(21)18(11-5-8-16(19)20)12-14-6-3-2-4-7-14/h2-4,6-7,9-10H,5,8,11-12H2,1H3,(H,19,20). The zero-order chi connectivity index (χ0) is 15.9. The van der Waals surface area contributed by atoms with E-state index in [1.54, 1.807) is 24.0 Å². The Labute approximate surface area is 129 Å². The van der Waals surface area contributed by atoms with Crippen molar-refractivity contribution >= 4 is 11.9 Å². The van der Waals surface area contributed by atoms with E-state index in [9.17, 15) is 9.59 Å². The number of aliphatic carboxylic acids is 1. The number of rotatable bonds is 7. The molecule has 5 nitrogen and oxygen atoms in total. The van der Waals surface area contributed by atoms with E-state index in [0.29, 0.717) is 25.3 Å². The largest absolute Gasteiger partial charge is 0.481 e. The van der Waals surface area contributed by atoms with Crippen LogP contribution in [0.25, 0.3) is 0 Å². The van der Waals surface area contributed by atoms with Gasteiger partial charge in [0.1, 0.15) is 5.76 Å². The lowest BCUT2D eigenvalue weighted by atomic mass is 10.2. The molecule has 0 aliphatic heterocycles. The predicted molar refractivity (Wildman–Crippen MR) is 81.5 cm³/mol. The Bertz CT molecular complexity index is 633. The summed E-state index contributed by atoms with van der Waals surface area (Å²) >= 11 is 0. The predicted octanol–water partition coefficient (Wildman–Crippen LogP) is 3.10. The van der Waals surface area contributed by atoms with Crippen LogP contribution in [0.15, 0.2) is 46.9 Å². The number of benzene rings is 1. The average Bonchev–Trinajstić information content (AvgIpc) is 2.93. The molecule has 0 saturated heterocycles. The number of aryl methyl sites for hydroxylation is 1. The van der Waals surface area contributed by atoms with Gasteiger partial charge in [0.05, 0.1) is 0 Å². The second-order valence-electron chi connectivity index (χ2n) is 5.12. The second kappa shape index (κ2) is 7.45. The van der Waals surface area contributed by atoms with Gasteiger partial charge in [-0.25, -0.2) is 0 Å². The Morgan fingerprint density at radius 1 is 1.14 bits per heavy atom. The van der Waals surface area contributed by atoms with Crippen LogP contribution in [0.5, 0.6) is 0 Å².